The lowest BCUT2D eigenvalue weighted by molar-refractivity contribution is 0.0590. The first-order chi connectivity index (χ1) is 10.6. The van der Waals surface area contributed by atoms with Gasteiger partial charge in [-0.05, 0) is 0 Å². The third kappa shape index (κ3) is 3.53. The highest BCUT2D eigenvalue weighted by molar-refractivity contribution is 6.30. The summed E-state index contributed by atoms with van der Waals surface area (Å²) >= 11 is 5.86. The van der Waals surface area contributed by atoms with Crippen LogP contribution in [0.25, 0.3) is 0 Å². The molecule has 2 aromatic heterocycles. The number of rotatable bonds is 5. The Morgan fingerprint density at radius 1 is 1.09 bits per heavy atom. The maximum Gasteiger partial charge on any atom is 0.360 e. The average Bonchev–Trinajstić information content (AvgIpc) is 2.53. The summed E-state index contributed by atoms with van der Waals surface area (Å²) < 4.78 is 20.1. The second kappa shape index (κ2) is 6.90. The first kappa shape index (κ1) is 15.8. The SMILES string of the molecule is COC(=O)c1ncc(Cl)cc1Oc1nc(OC)cc(OC)n1. The maximum absolute atomic E-state index is 11.7. The Hall–Kier alpha value is -2.61. The van der Waals surface area contributed by atoms with Crippen molar-refractivity contribution in [3.8, 4) is 23.5 Å². The molecule has 0 aromatic carbocycles. The van der Waals surface area contributed by atoms with Gasteiger partial charge in [0.1, 0.15) is 0 Å². The number of halogens is 1. The van der Waals surface area contributed by atoms with E-state index in [1.165, 1.54) is 39.7 Å². The summed E-state index contributed by atoms with van der Waals surface area (Å²) in [6, 6.07) is 2.78. The largest absolute Gasteiger partial charge is 0.481 e. The van der Waals surface area contributed by atoms with Crippen molar-refractivity contribution >= 4 is 17.6 Å². The lowest BCUT2D eigenvalue weighted by Crippen LogP contribution is -2.07. The van der Waals surface area contributed by atoms with Gasteiger partial charge in [-0.15, -0.1) is 0 Å². The molecule has 0 saturated heterocycles. The highest BCUT2D eigenvalue weighted by atomic mass is 35.5. The first-order valence-corrected chi connectivity index (χ1v) is 6.34. The molecule has 0 aliphatic carbocycles. The quantitative estimate of drug-likeness (QED) is 0.772. The summed E-state index contributed by atoms with van der Waals surface area (Å²) in [5.74, 6) is -0.163. The highest BCUT2D eigenvalue weighted by Crippen LogP contribution is 2.28. The molecule has 0 bridgehead atoms. The van der Waals surface area contributed by atoms with Crippen molar-refractivity contribution < 1.29 is 23.7 Å². The van der Waals surface area contributed by atoms with Gasteiger partial charge in [0, 0.05) is 12.3 Å². The fourth-order valence-corrected chi connectivity index (χ4v) is 1.63. The van der Waals surface area contributed by atoms with Crippen molar-refractivity contribution in [2.75, 3.05) is 21.3 Å². The van der Waals surface area contributed by atoms with Gasteiger partial charge in [-0.3, -0.25) is 0 Å². The molecule has 0 atom stereocenters. The fraction of sp³-hybridized carbons (Fsp3) is 0.231. The predicted molar refractivity (Wildman–Crippen MR) is 75.8 cm³/mol. The molecule has 8 nitrogen and oxygen atoms in total. The molecular weight excluding hydrogens is 314 g/mol. The second-order valence-electron chi connectivity index (χ2n) is 3.83. The molecule has 0 unspecified atom stereocenters. The van der Waals surface area contributed by atoms with Crippen molar-refractivity contribution in [1.82, 2.24) is 15.0 Å². The van der Waals surface area contributed by atoms with Crippen LogP contribution in [0.3, 0.4) is 0 Å². The number of esters is 1. The first-order valence-electron chi connectivity index (χ1n) is 5.96. The van der Waals surface area contributed by atoms with Gasteiger partial charge in [0.25, 0.3) is 0 Å². The minimum atomic E-state index is -0.679. The van der Waals surface area contributed by atoms with Crippen LogP contribution in [0.2, 0.25) is 5.02 Å². The van der Waals surface area contributed by atoms with Gasteiger partial charge in [0.2, 0.25) is 11.8 Å². The van der Waals surface area contributed by atoms with Gasteiger partial charge in [-0.25, -0.2) is 9.78 Å². The van der Waals surface area contributed by atoms with Crippen molar-refractivity contribution in [1.29, 1.82) is 0 Å². The van der Waals surface area contributed by atoms with E-state index in [0.29, 0.717) is 0 Å². The highest BCUT2D eigenvalue weighted by Gasteiger charge is 2.18. The maximum atomic E-state index is 11.7. The van der Waals surface area contributed by atoms with Gasteiger partial charge in [-0.1, -0.05) is 11.6 Å². The Morgan fingerprint density at radius 2 is 1.73 bits per heavy atom. The topological polar surface area (TPSA) is 92.7 Å². The van der Waals surface area contributed by atoms with Crippen molar-refractivity contribution in [3.63, 3.8) is 0 Å². The van der Waals surface area contributed by atoms with E-state index in [9.17, 15) is 4.79 Å². The van der Waals surface area contributed by atoms with Crippen LogP contribution in [0.1, 0.15) is 10.5 Å². The Bertz CT molecular complexity index is 673. The van der Waals surface area contributed by atoms with Gasteiger partial charge in [-0.2, -0.15) is 9.97 Å². The zero-order valence-electron chi connectivity index (χ0n) is 12.0. The number of carbonyl (C=O) groups is 1. The average molecular weight is 326 g/mol. The Labute approximate surface area is 131 Å². The predicted octanol–water partition coefficient (Wildman–Crippen LogP) is 2.12. The number of ether oxygens (including phenoxy) is 4. The fourth-order valence-electron chi connectivity index (χ4n) is 1.49. The van der Waals surface area contributed by atoms with E-state index in [1.54, 1.807) is 0 Å². The molecule has 0 aliphatic rings. The minimum Gasteiger partial charge on any atom is -0.481 e. The lowest BCUT2D eigenvalue weighted by Gasteiger charge is -2.10. The van der Waals surface area contributed by atoms with Crippen LogP contribution in [0.4, 0.5) is 0 Å². The molecule has 2 aromatic rings. The van der Waals surface area contributed by atoms with Crippen LogP contribution < -0.4 is 14.2 Å². The molecule has 0 fully saturated rings. The Balaban J connectivity index is 2.42. The van der Waals surface area contributed by atoms with E-state index in [2.05, 4.69) is 19.7 Å². The van der Waals surface area contributed by atoms with E-state index in [4.69, 9.17) is 25.8 Å². The molecule has 0 radical (unpaired) electrons. The number of aromatic nitrogens is 3. The van der Waals surface area contributed by atoms with Gasteiger partial charge in [0.05, 0.1) is 32.4 Å². The molecule has 0 amide bonds. The normalized spacial score (nSPS) is 10.0. The van der Waals surface area contributed by atoms with Gasteiger partial charge >= 0.3 is 12.0 Å². The number of carbonyl (C=O) groups excluding carboxylic acids is 1. The molecule has 2 heterocycles. The van der Waals surface area contributed by atoms with Crippen molar-refractivity contribution in [2.45, 2.75) is 0 Å². The number of hydrogen-bond donors (Lipinski definition) is 0. The minimum absolute atomic E-state index is 0.0506. The Kier molecular flexibility index (Phi) is 4.95. The molecule has 22 heavy (non-hydrogen) atoms. The van der Waals surface area contributed by atoms with E-state index in [1.807, 2.05) is 0 Å². The molecular formula is C13H12ClN3O5. The summed E-state index contributed by atoms with van der Waals surface area (Å²) in [6.07, 6.45) is 1.30. The van der Waals surface area contributed by atoms with Crippen LogP contribution in [0, 0.1) is 0 Å². The van der Waals surface area contributed by atoms with Gasteiger partial charge in [0.15, 0.2) is 11.4 Å². The monoisotopic (exact) mass is 325 g/mol. The van der Waals surface area contributed by atoms with Crippen LogP contribution in [0.15, 0.2) is 18.3 Å². The summed E-state index contributed by atoms with van der Waals surface area (Å²) in [4.78, 5) is 23.5. The van der Waals surface area contributed by atoms with E-state index < -0.39 is 5.97 Å². The smallest absolute Gasteiger partial charge is 0.360 e. The number of nitrogens with zero attached hydrogens (tertiary/aromatic N) is 3. The van der Waals surface area contributed by atoms with Crippen LogP contribution >= 0.6 is 11.6 Å². The standard InChI is InChI=1S/C13H12ClN3O5/c1-19-9-5-10(20-2)17-13(16-9)22-8-4-7(14)6-15-11(8)12(18)21-3/h4-6H,1-3H3. The lowest BCUT2D eigenvalue weighted by atomic mass is 10.3. The second-order valence-corrected chi connectivity index (χ2v) is 4.27. The zero-order chi connectivity index (χ0) is 16.1. The van der Waals surface area contributed by atoms with E-state index in [-0.39, 0.29) is 34.2 Å². The van der Waals surface area contributed by atoms with Crippen LogP contribution in [-0.4, -0.2) is 42.3 Å². The Morgan fingerprint density at radius 3 is 2.27 bits per heavy atom. The summed E-state index contributed by atoms with van der Waals surface area (Å²) in [6.45, 7) is 0. The molecule has 2 rings (SSSR count). The molecule has 9 heteroatoms. The summed E-state index contributed by atoms with van der Waals surface area (Å²) in [5, 5.41) is 0.275. The van der Waals surface area contributed by atoms with E-state index >= 15 is 0 Å². The summed E-state index contributed by atoms with van der Waals surface area (Å²) in [5.41, 5.74) is -0.0581. The third-order valence-electron chi connectivity index (χ3n) is 2.48. The molecule has 0 aliphatic heterocycles. The number of hydrogen-bond acceptors (Lipinski definition) is 8. The molecule has 0 spiro atoms. The third-order valence-corrected chi connectivity index (χ3v) is 2.68. The molecule has 0 saturated carbocycles. The summed E-state index contributed by atoms with van der Waals surface area (Å²) in [7, 11) is 4.10. The number of methoxy groups -OCH3 is 3. The van der Waals surface area contributed by atoms with Crippen molar-refractivity contribution in [3.05, 3.63) is 29.0 Å². The number of pyridine rings is 1. The van der Waals surface area contributed by atoms with Gasteiger partial charge < -0.3 is 18.9 Å². The zero-order valence-corrected chi connectivity index (χ0v) is 12.7. The van der Waals surface area contributed by atoms with Crippen molar-refractivity contribution in [2.24, 2.45) is 0 Å². The van der Waals surface area contributed by atoms with E-state index in [0.717, 1.165) is 0 Å². The van der Waals surface area contributed by atoms with Crippen LogP contribution in [0.5, 0.6) is 23.5 Å². The van der Waals surface area contributed by atoms with Crippen LogP contribution in [-0.2, 0) is 4.74 Å². The molecule has 0 N–H and O–H groups in total. The molecule has 116 valence electrons.